The third-order valence-electron chi connectivity index (χ3n) is 6.65. The second-order valence-electron chi connectivity index (χ2n) is 8.40. The van der Waals surface area contributed by atoms with Gasteiger partial charge in [-0.1, -0.05) is 13.8 Å². The number of hydrogen-bond acceptors (Lipinski definition) is 9. The van der Waals surface area contributed by atoms with Gasteiger partial charge in [-0.05, 0) is 42.7 Å². The van der Waals surface area contributed by atoms with Crippen LogP contribution in [0.3, 0.4) is 0 Å². The van der Waals surface area contributed by atoms with Crippen LogP contribution < -0.4 is 16.8 Å². The SMILES string of the molecule is CCc1c2c(nc3ccc(O)cc13)-c1cc3c(c(=O)n1C2)COC(=O)C3(CC)OC(=O)CNN. The molecule has 0 spiro atoms. The predicted octanol–water partition coefficient (Wildman–Crippen LogP) is 1.36. The standard InChI is InChI=1S/C24H24N4O6/c1-3-13-14-7-12(29)5-6-18(14)27-21-15(13)10-28-19(21)8-17-16(22(28)31)11-33-23(32)24(17,4-2)34-20(30)9-26-25/h5-8,26,29H,3-4,9-11,25H2,1-2H3. The molecule has 0 aliphatic carbocycles. The number of benzene rings is 1. The number of pyridine rings is 2. The molecule has 2 aromatic heterocycles. The van der Waals surface area contributed by atoms with Gasteiger partial charge < -0.3 is 19.1 Å². The van der Waals surface area contributed by atoms with Crippen LogP contribution in [0.4, 0.5) is 0 Å². The minimum Gasteiger partial charge on any atom is -0.508 e. The van der Waals surface area contributed by atoms with Gasteiger partial charge in [0.2, 0.25) is 5.60 Å². The number of fused-ring (bicyclic) bond motifs is 5. The van der Waals surface area contributed by atoms with E-state index in [2.05, 4.69) is 5.43 Å². The van der Waals surface area contributed by atoms with E-state index in [-0.39, 0.29) is 36.4 Å². The van der Waals surface area contributed by atoms with Gasteiger partial charge in [0.15, 0.2) is 0 Å². The Morgan fingerprint density at radius 2 is 2.09 bits per heavy atom. The fourth-order valence-corrected chi connectivity index (χ4v) is 5.02. The molecule has 0 fully saturated rings. The minimum atomic E-state index is -1.75. The number of ether oxygens (including phenoxy) is 2. The molecule has 0 radical (unpaired) electrons. The van der Waals surface area contributed by atoms with Gasteiger partial charge in [0, 0.05) is 16.5 Å². The number of hydrazine groups is 1. The van der Waals surface area contributed by atoms with Crippen LogP contribution in [0.1, 0.15) is 42.5 Å². The first-order valence-electron chi connectivity index (χ1n) is 11.1. The van der Waals surface area contributed by atoms with E-state index in [1.54, 1.807) is 35.8 Å². The molecule has 4 heterocycles. The zero-order valence-electron chi connectivity index (χ0n) is 18.8. The molecule has 0 bridgehead atoms. The van der Waals surface area contributed by atoms with E-state index in [4.69, 9.17) is 20.3 Å². The van der Waals surface area contributed by atoms with Gasteiger partial charge in [0.25, 0.3) is 5.56 Å². The first-order chi connectivity index (χ1) is 16.3. The van der Waals surface area contributed by atoms with Crippen molar-refractivity contribution in [3.8, 4) is 17.1 Å². The van der Waals surface area contributed by atoms with Crippen LogP contribution in [0, 0.1) is 0 Å². The molecule has 1 unspecified atom stereocenters. The van der Waals surface area contributed by atoms with Gasteiger partial charge in [0.1, 0.15) is 18.9 Å². The maximum absolute atomic E-state index is 13.6. The molecule has 5 rings (SSSR count). The van der Waals surface area contributed by atoms with Gasteiger partial charge in [-0.15, -0.1) is 0 Å². The van der Waals surface area contributed by atoms with Crippen molar-refractivity contribution in [1.82, 2.24) is 15.0 Å². The van der Waals surface area contributed by atoms with E-state index in [1.807, 2.05) is 6.92 Å². The molecule has 0 saturated heterocycles. The lowest BCUT2D eigenvalue weighted by Crippen LogP contribution is -2.48. The van der Waals surface area contributed by atoms with Gasteiger partial charge in [-0.2, -0.15) is 0 Å². The monoisotopic (exact) mass is 464 g/mol. The highest BCUT2D eigenvalue weighted by Crippen LogP contribution is 2.42. The van der Waals surface area contributed by atoms with Crippen molar-refractivity contribution in [3.05, 3.63) is 56.9 Å². The van der Waals surface area contributed by atoms with Crippen LogP contribution >= 0.6 is 0 Å². The zero-order chi connectivity index (χ0) is 24.2. The lowest BCUT2D eigenvalue weighted by molar-refractivity contribution is -0.189. The summed E-state index contributed by atoms with van der Waals surface area (Å²) < 4.78 is 12.5. The number of nitrogens with zero attached hydrogens (tertiary/aromatic N) is 2. The Morgan fingerprint density at radius 3 is 2.79 bits per heavy atom. The molecule has 34 heavy (non-hydrogen) atoms. The number of phenols is 1. The number of aryl methyl sites for hydroxylation is 1. The quantitative estimate of drug-likeness (QED) is 0.226. The van der Waals surface area contributed by atoms with E-state index in [0.29, 0.717) is 35.4 Å². The van der Waals surface area contributed by atoms with Crippen molar-refractivity contribution in [2.45, 2.75) is 45.4 Å². The number of nitrogens with one attached hydrogen (secondary N) is 1. The maximum atomic E-state index is 13.6. The maximum Gasteiger partial charge on any atom is 0.355 e. The average molecular weight is 464 g/mol. The Bertz CT molecular complexity index is 1430. The number of carbonyl (C=O) groups is 2. The largest absolute Gasteiger partial charge is 0.508 e. The van der Waals surface area contributed by atoms with Crippen molar-refractivity contribution in [2.24, 2.45) is 5.84 Å². The van der Waals surface area contributed by atoms with Crippen LogP contribution in [0.5, 0.6) is 5.75 Å². The normalized spacial score (nSPS) is 18.3. The second-order valence-corrected chi connectivity index (χ2v) is 8.40. The molecule has 2 aliphatic heterocycles. The summed E-state index contributed by atoms with van der Waals surface area (Å²) in [5, 5.41) is 10.8. The lowest BCUT2D eigenvalue weighted by Gasteiger charge is -2.35. The summed E-state index contributed by atoms with van der Waals surface area (Å²) in [6.07, 6.45) is 0.757. The van der Waals surface area contributed by atoms with Crippen molar-refractivity contribution >= 4 is 22.8 Å². The van der Waals surface area contributed by atoms with Gasteiger partial charge in [-0.3, -0.25) is 15.4 Å². The molecule has 1 atom stereocenters. The summed E-state index contributed by atoms with van der Waals surface area (Å²) in [6, 6.07) is 6.70. The average Bonchev–Trinajstić information content (AvgIpc) is 3.18. The minimum absolute atomic E-state index is 0.0789. The molecular formula is C24H24N4O6. The molecular weight excluding hydrogens is 440 g/mol. The molecule has 2 aliphatic rings. The van der Waals surface area contributed by atoms with Crippen LogP contribution in [0.25, 0.3) is 22.3 Å². The van der Waals surface area contributed by atoms with Crippen LogP contribution in [0.15, 0.2) is 29.1 Å². The smallest absolute Gasteiger partial charge is 0.355 e. The van der Waals surface area contributed by atoms with Crippen LogP contribution in [-0.4, -0.2) is 33.1 Å². The first kappa shape index (κ1) is 22.1. The summed E-state index contributed by atoms with van der Waals surface area (Å²) in [5.74, 6) is 3.91. The topological polar surface area (TPSA) is 146 Å². The molecule has 176 valence electrons. The number of phenolic OH excluding ortho intramolecular Hbond substituents is 1. The number of esters is 2. The highest BCUT2D eigenvalue weighted by Gasteiger charge is 2.50. The van der Waals surface area contributed by atoms with Crippen LogP contribution in [0.2, 0.25) is 0 Å². The van der Waals surface area contributed by atoms with Gasteiger partial charge >= 0.3 is 11.9 Å². The summed E-state index contributed by atoms with van der Waals surface area (Å²) in [6.45, 7) is 3.49. The van der Waals surface area contributed by atoms with Gasteiger partial charge in [-0.25, -0.2) is 15.2 Å². The van der Waals surface area contributed by atoms with Crippen molar-refractivity contribution in [1.29, 1.82) is 0 Å². The Kier molecular flexibility index (Phi) is 5.14. The molecule has 3 aromatic rings. The Labute approximate surface area is 194 Å². The van der Waals surface area contributed by atoms with Crippen molar-refractivity contribution < 1.29 is 24.2 Å². The Morgan fingerprint density at radius 1 is 1.29 bits per heavy atom. The second kappa shape index (κ2) is 7.93. The molecule has 4 N–H and O–H groups in total. The third-order valence-corrected chi connectivity index (χ3v) is 6.65. The number of cyclic esters (lactones) is 1. The third kappa shape index (κ3) is 3.02. The Balaban J connectivity index is 1.76. The van der Waals surface area contributed by atoms with E-state index in [9.17, 15) is 19.5 Å². The molecule has 1 aromatic carbocycles. The number of nitrogens with two attached hydrogens (primary N) is 1. The predicted molar refractivity (Wildman–Crippen MR) is 122 cm³/mol. The van der Waals surface area contributed by atoms with E-state index in [1.165, 1.54) is 0 Å². The number of hydrogen-bond donors (Lipinski definition) is 3. The molecule has 10 heteroatoms. The molecule has 10 nitrogen and oxygen atoms in total. The summed E-state index contributed by atoms with van der Waals surface area (Å²) in [4.78, 5) is 43.6. The van der Waals surface area contributed by atoms with E-state index in [0.717, 1.165) is 16.5 Å². The molecule has 0 amide bonds. The first-order valence-corrected chi connectivity index (χ1v) is 11.1. The number of aromatic nitrogens is 2. The fourth-order valence-electron chi connectivity index (χ4n) is 5.02. The van der Waals surface area contributed by atoms with Gasteiger partial charge in [0.05, 0.1) is 29.0 Å². The molecule has 0 saturated carbocycles. The summed E-state index contributed by atoms with van der Waals surface area (Å²) in [5.41, 5.74) is 4.47. The number of carbonyl (C=O) groups excluding carboxylic acids is 2. The fraction of sp³-hybridized carbons (Fsp3) is 0.333. The number of rotatable bonds is 5. The summed E-state index contributed by atoms with van der Waals surface area (Å²) in [7, 11) is 0. The highest BCUT2D eigenvalue weighted by atomic mass is 16.6. The Hall–Kier alpha value is -3.76. The van der Waals surface area contributed by atoms with Crippen LogP contribution in [-0.2, 0) is 44.2 Å². The van der Waals surface area contributed by atoms with E-state index < -0.39 is 17.5 Å². The van der Waals surface area contributed by atoms with Crippen molar-refractivity contribution in [2.75, 3.05) is 6.54 Å². The zero-order valence-corrected chi connectivity index (χ0v) is 18.8. The highest BCUT2D eigenvalue weighted by molar-refractivity contribution is 5.90. The van der Waals surface area contributed by atoms with E-state index >= 15 is 0 Å². The summed E-state index contributed by atoms with van der Waals surface area (Å²) >= 11 is 0. The van der Waals surface area contributed by atoms with Crippen molar-refractivity contribution in [3.63, 3.8) is 0 Å². The lowest BCUT2D eigenvalue weighted by atomic mass is 9.85. The number of aromatic hydroxyl groups is 1.